The maximum atomic E-state index is 11.9. The summed E-state index contributed by atoms with van der Waals surface area (Å²) < 4.78 is 22.2. The molecule has 19 heavy (non-hydrogen) atoms. The van der Waals surface area contributed by atoms with Crippen molar-refractivity contribution in [3.8, 4) is 0 Å². The lowest BCUT2D eigenvalue weighted by Crippen LogP contribution is -2.14. The van der Waals surface area contributed by atoms with Gasteiger partial charge in [-0.15, -0.1) is 0 Å². The van der Waals surface area contributed by atoms with E-state index >= 15 is 0 Å². The summed E-state index contributed by atoms with van der Waals surface area (Å²) >= 11 is 0. The molecule has 0 atom stereocenters. The Labute approximate surface area is 111 Å². The minimum Gasteiger partial charge on any atom is -0.322 e. The van der Waals surface area contributed by atoms with E-state index in [2.05, 4.69) is 5.32 Å². The van der Waals surface area contributed by atoms with Gasteiger partial charge in [-0.2, -0.15) is 0 Å². The van der Waals surface area contributed by atoms with Gasteiger partial charge < -0.3 is 5.32 Å². The molecule has 0 bridgehead atoms. The van der Waals surface area contributed by atoms with Crippen LogP contribution in [0.15, 0.2) is 59.5 Å². The molecule has 0 unspecified atom stereocenters. The van der Waals surface area contributed by atoms with Crippen molar-refractivity contribution in [2.24, 2.45) is 5.14 Å². The number of rotatable bonds is 3. The molecule has 98 valence electrons. The number of amides is 1. The topological polar surface area (TPSA) is 89.3 Å². The number of nitrogens with one attached hydrogen (secondary N) is 1. The first-order valence-electron chi connectivity index (χ1n) is 5.46. The maximum Gasteiger partial charge on any atom is 0.255 e. The van der Waals surface area contributed by atoms with Gasteiger partial charge in [-0.3, -0.25) is 4.79 Å². The summed E-state index contributed by atoms with van der Waals surface area (Å²) in [5.41, 5.74) is 1.03. The van der Waals surface area contributed by atoms with Crippen LogP contribution in [0.3, 0.4) is 0 Å². The van der Waals surface area contributed by atoms with Crippen LogP contribution in [-0.4, -0.2) is 14.3 Å². The third kappa shape index (κ3) is 3.40. The number of hydrogen-bond acceptors (Lipinski definition) is 3. The Hall–Kier alpha value is -2.18. The second-order valence-corrected chi connectivity index (χ2v) is 5.45. The van der Waals surface area contributed by atoms with E-state index < -0.39 is 10.0 Å². The van der Waals surface area contributed by atoms with Gasteiger partial charge >= 0.3 is 0 Å². The lowest BCUT2D eigenvalue weighted by atomic mass is 10.2. The van der Waals surface area contributed by atoms with E-state index in [1.54, 1.807) is 24.3 Å². The molecule has 0 aromatic heterocycles. The van der Waals surface area contributed by atoms with Crippen LogP contribution in [0.5, 0.6) is 0 Å². The molecule has 2 aromatic rings. The van der Waals surface area contributed by atoms with E-state index in [1.807, 2.05) is 6.07 Å². The van der Waals surface area contributed by atoms with Gasteiger partial charge in [0.25, 0.3) is 5.91 Å². The first kappa shape index (κ1) is 13.3. The van der Waals surface area contributed by atoms with Gasteiger partial charge in [0.2, 0.25) is 10.0 Å². The summed E-state index contributed by atoms with van der Waals surface area (Å²) in [6.07, 6.45) is 0. The normalized spacial score (nSPS) is 11.0. The van der Waals surface area contributed by atoms with Gasteiger partial charge in [0.05, 0.1) is 4.90 Å². The van der Waals surface area contributed by atoms with Crippen LogP contribution in [0.1, 0.15) is 10.4 Å². The van der Waals surface area contributed by atoms with E-state index in [4.69, 9.17) is 5.14 Å². The molecule has 5 nitrogen and oxygen atoms in total. The van der Waals surface area contributed by atoms with E-state index in [-0.39, 0.29) is 10.8 Å². The Bertz CT molecular complexity index is 680. The number of primary sulfonamides is 1. The number of carbonyl (C=O) groups excluding carboxylic acids is 1. The number of sulfonamides is 1. The standard InChI is InChI=1S/C13H12N2O3S/c14-19(17,18)12-8-6-10(7-9-12)13(16)15-11-4-2-1-3-5-11/h1-9H,(H,15,16)(H2,14,17,18). The van der Waals surface area contributed by atoms with Crippen molar-refractivity contribution in [3.05, 3.63) is 60.2 Å². The van der Waals surface area contributed by atoms with E-state index in [1.165, 1.54) is 24.3 Å². The largest absolute Gasteiger partial charge is 0.322 e. The van der Waals surface area contributed by atoms with Gasteiger partial charge in [0.1, 0.15) is 0 Å². The number of para-hydroxylation sites is 1. The summed E-state index contributed by atoms with van der Waals surface area (Å²) in [4.78, 5) is 11.9. The summed E-state index contributed by atoms with van der Waals surface area (Å²) in [7, 11) is -3.74. The molecular weight excluding hydrogens is 264 g/mol. The SMILES string of the molecule is NS(=O)(=O)c1ccc(C(=O)Nc2ccccc2)cc1. The number of hydrogen-bond donors (Lipinski definition) is 2. The third-order valence-corrected chi connectivity index (χ3v) is 3.41. The predicted molar refractivity (Wildman–Crippen MR) is 72.2 cm³/mol. The average molecular weight is 276 g/mol. The molecule has 0 fully saturated rings. The van der Waals surface area contributed by atoms with Crippen LogP contribution in [0, 0.1) is 0 Å². The van der Waals surface area contributed by atoms with Crippen LogP contribution >= 0.6 is 0 Å². The molecule has 0 spiro atoms. The van der Waals surface area contributed by atoms with Crippen molar-refractivity contribution in [1.82, 2.24) is 0 Å². The molecule has 0 aliphatic heterocycles. The van der Waals surface area contributed by atoms with Crippen LogP contribution in [-0.2, 0) is 10.0 Å². The quantitative estimate of drug-likeness (QED) is 0.892. The molecule has 2 aromatic carbocycles. The zero-order chi connectivity index (χ0) is 13.9. The molecule has 1 amide bonds. The van der Waals surface area contributed by atoms with Crippen LogP contribution < -0.4 is 10.5 Å². The number of benzene rings is 2. The Morgan fingerprint density at radius 2 is 1.53 bits per heavy atom. The summed E-state index contributed by atoms with van der Waals surface area (Å²) in [6, 6.07) is 14.4. The van der Waals surface area contributed by atoms with Crippen molar-refractivity contribution in [2.45, 2.75) is 4.90 Å². The molecule has 0 aliphatic rings. The van der Waals surface area contributed by atoms with Crippen LogP contribution in [0.25, 0.3) is 0 Å². The van der Waals surface area contributed by atoms with Gasteiger partial charge in [0.15, 0.2) is 0 Å². The molecule has 0 aliphatic carbocycles. The van der Waals surface area contributed by atoms with Crippen LogP contribution in [0.4, 0.5) is 5.69 Å². The monoisotopic (exact) mass is 276 g/mol. The average Bonchev–Trinajstić information content (AvgIpc) is 2.39. The fourth-order valence-electron chi connectivity index (χ4n) is 1.52. The highest BCUT2D eigenvalue weighted by atomic mass is 32.2. The summed E-state index contributed by atoms with van der Waals surface area (Å²) in [5.74, 6) is -0.313. The zero-order valence-electron chi connectivity index (χ0n) is 9.91. The van der Waals surface area contributed by atoms with Crippen molar-refractivity contribution in [2.75, 3.05) is 5.32 Å². The first-order chi connectivity index (χ1) is 8.97. The third-order valence-electron chi connectivity index (χ3n) is 2.48. The highest BCUT2D eigenvalue weighted by Crippen LogP contribution is 2.11. The summed E-state index contributed by atoms with van der Waals surface area (Å²) in [5, 5.41) is 7.67. The van der Waals surface area contributed by atoms with Gasteiger partial charge in [-0.25, -0.2) is 13.6 Å². The van der Waals surface area contributed by atoms with Crippen molar-refractivity contribution < 1.29 is 13.2 Å². The van der Waals surface area contributed by atoms with E-state index in [0.29, 0.717) is 11.3 Å². The van der Waals surface area contributed by atoms with Gasteiger partial charge in [-0.05, 0) is 36.4 Å². The van der Waals surface area contributed by atoms with Crippen molar-refractivity contribution >= 4 is 21.6 Å². The Morgan fingerprint density at radius 3 is 2.05 bits per heavy atom. The molecule has 0 saturated heterocycles. The number of anilines is 1. The molecular formula is C13H12N2O3S. The molecule has 2 rings (SSSR count). The molecule has 0 radical (unpaired) electrons. The molecule has 6 heteroatoms. The van der Waals surface area contributed by atoms with Crippen molar-refractivity contribution in [3.63, 3.8) is 0 Å². The van der Waals surface area contributed by atoms with Gasteiger partial charge in [0, 0.05) is 11.3 Å². The zero-order valence-corrected chi connectivity index (χ0v) is 10.7. The number of nitrogens with two attached hydrogens (primary N) is 1. The minimum atomic E-state index is -3.74. The summed E-state index contributed by atoms with van der Waals surface area (Å²) in [6.45, 7) is 0. The Kier molecular flexibility index (Phi) is 3.64. The van der Waals surface area contributed by atoms with Crippen LogP contribution in [0.2, 0.25) is 0 Å². The highest BCUT2D eigenvalue weighted by Gasteiger charge is 2.10. The van der Waals surface area contributed by atoms with E-state index in [0.717, 1.165) is 0 Å². The molecule has 0 saturated carbocycles. The Morgan fingerprint density at radius 1 is 0.947 bits per heavy atom. The van der Waals surface area contributed by atoms with Crippen molar-refractivity contribution in [1.29, 1.82) is 0 Å². The smallest absolute Gasteiger partial charge is 0.255 e. The lowest BCUT2D eigenvalue weighted by molar-refractivity contribution is 0.102. The fourth-order valence-corrected chi connectivity index (χ4v) is 2.04. The van der Waals surface area contributed by atoms with Gasteiger partial charge in [-0.1, -0.05) is 18.2 Å². The molecule has 3 N–H and O–H groups in total. The fraction of sp³-hybridized carbons (Fsp3) is 0. The molecule has 0 heterocycles. The van der Waals surface area contributed by atoms with E-state index in [9.17, 15) is 13.2 Å². The maximum absolute atomic E-state index is 11.9. The highest BCUT2D eigenvalue weighted by molar-refractivity contribution is 7.89. The minimum absolute atomic E-state index is 0.0243. The Balaban J connectivity index is 2.17. The lowest BCUT2D eigenvalue weighted by Gasteiger charge is -2.05. The first-order valence-corrected chi connectivity index (χ1v) is 7.01. The predicted octanol–water partition coefficient (Wildman–Crippen LogP) is 1.59. The second-order valence-electron chi connectivity index (χ2n) is 3.89. The second kappa shape index (κ2) is 5.21. The number of carbonyl (C=O) groups is 1.